The van der Waals surface area contributed by atoms with Gasteiger partial charge < -0.3 is 9.47 Å². The zero-order valence-electron chi connectivity index (χ0n) is 27.9. The zero-order chi connectivity index (χ0) is 30.2. The quantitative estimate of drug-likeness (QED) is 0.0369. The number of esters is 2. The van der Waals surface area contributed by atoms with Crippen LogP contribution in [-0.4, -0.2) is 25.2 Å². The van der Waals surface area contributed by atoms with Crippen molar-refractivity contribution in [2.24, 2.45) is 0 Å². The van der Waals surface area contributed by atoms with Gasteiger partial charge in [0.2, 0.25) is 0 Å². The van der Waals surface area contributed by atoms with E-state index in [2.05, 4.69) is 13.8 Å². The van der Waals surface area contributed by atoms with Crippen LogP contribution in [0.5, 0.6) is 0 Å². The molecule has 0 unspecified atom stereocenters. The molecule has 0 saturated carbocycles. The van der Waals surface area contributed by atoms with E-state index < -0.39 is 0 Å². The van der Waals surface area contributed by atoms with Gasteiger partial charge in [-0.25, -0.2) is 9.59 Å². The highest BCUT2D eigenvalue weighted by molar-refractivity contribution is 5.90. The van der Waals surface area contributed by atoms with Crippen LogP contribution in [0.1, 0.15) is 188 Å². The lowest BCUT2D eigenvalue weighted by molar-refractivity contribution is -0.140. The fourth-order valence-electron chi connectivity index (χ4n) is 5.01. The van der Waals surface area contributed by atoms with E-state index in [1.165, 1.54) is 135 Å². The predicted molar refractivity (Wildman–Crippen MR) is 176 cm³/mol. The number of rotatable bonds is 30. The Kier molecular flexibility index (Phi) is 30.1. The Morgan fingerprint density at radius 3 is 0.854 bits per heavy atom. The molecular weight excluding hydrogens is 508 g/mol. The Balaban J connectivity index is 3.71. The monoisotopic (exact) mass is 577 g/mol. The molecule has 0 N–H and O–H groups in total. The van der Waals surface area contributed by atoms with Crippen molar-refractivity contribution in [2.45, 2.75) is 188 Å². The molecule has 0 fully saturated rings. The van der Waals surface area contributed by atoms with Gasteiger partial charge in [-0.3, -0.25) is 0 Å². The fraction of sp³-hybridized carbons (Fsp3) is 0.838. The molecule has 0 saturated heterocycles. The van der Waals surface area contributed by atoms with E-state index >= 15 is 0 Å². The van der Waals surface area contributed by atoms with E-state index in [1.54, 1.807) is 26.0 Å². The molecular formula is C37H68O4. The van der Waals surface area contributed by atoms with Gasteiger partial charge in [-0.2, -0.15) is 0 Å². The number of allylic oxidation sites excluding steroid dienone is 2. The molecule has 0 aromatic rings. The topological polar surface area (TPSA) is 52.6 Å². The first-order valence-corrected chi connectivity index (χ1v) is 17.7. The maximum Gasteiger partial charge on any atom is 0.333 e. The van der Waals surface area contributed by atoms with E-state index in [4.69, 9.17) is 9.47 Å². The third kappa shape index (κ3) is 28.3. The van der Waals surface area contributed by atoms with Crippen molar-refractivity contribution >= 4 is 11.9 Å². The molecule has 0 aliphatic heterocycles. The van der Waals surface area contributed by atoms with E-state index in [0.29, 0.717) is 24.4 Å². The number of hydrogen-bond acceptors (Lipinski definition) is 4. The molecule has 0 atom stereocenters. The molecule has 0 spiro atoms. The summed E-state index contributed by atoms with van der Waals surface area (Å²) in [7, 11) is 0. The largest absolute Gasteiger partial charge is 0.462 e. The number of carbonyl (C=O) groups excluding carboxylic acids is 2. The second-order valence-corrected chi connectivity index (χ2v) is 12.1. The van der Waals surface area contributed by atoms with Crippen molar-refractivity contribution in [2.75, 3.05) is 13.2 Å². The Bertz CT molecular complexity index is 664. The number of carbonyl (C=O) groups is 2. The zero-order valence-corrected chi connectivity index (χ0v) is 27.9. The fourth-order valence-corrected chi connectivity index (χ4v) is 5.01. The van der Waals surface area contributed by atoms with Gasteiger partial charge in [0.1, 0.15) is 0 Å². The second kappa shape index (κ2) is 31.4. The molecule has 0 aliphatic rings. The average Bonchev–Trinajstić information content (AvgIpc) is 2.97. The van der Waals surface area contributed by atoms with Crippen molar-refractivity contribution in [1.82, 2.24) is 0 Å². The molecule has 0 bridgehead atoms. The van der Waals surface area contributed by atoms with Crippen molar-refractivity contribution in [1.29, 1.82) is 0 Å². The van der Waals surface area contributed by atoms with Gasteiger partial charge in [0, 0.05) is 11.1 Å². The molecule has 0 amide bonds. The van der Waals surface area contributed by atoms with Gasteiger partial charge >= 0.3 is 11.9 Å². The summed E-state index contributed by atoms with van der Waals surface area (Å²) >= 11 is 0. The van der Waals surface area contributed by atoms with Gasteiger partial charge in [0.15, 0.2) is 0 Å². The van der Waals surface area contributed by atoms with Gasteiger partial charge in [0.05, 0.1) is 13.2 Å². The normalized spacial score (nSPS) is 12.1. The summed E-state index contributed by atoms with van der Waals surface area (Å²) in [6, 6.07) is 0. The van der Waals surface area contributed by atoms with Crippen molar-refractivity contribution in [3.63, 3.8) is 0 Å². The minimum absolute atomic E-state index is 0.308. The summed E-state index contributed by atoms with van der Waals surface area (Å²) < 4.78 is 10.8. The molecule has 0 aliphatic carbocycles. The van der Waals surface area contributed by atoms with Crippen molar-refractivity contribution < 1.29 is 19.1 Å². The van der Waals surface area contributed by atoms with Gasteiger partial charge in [0.25, 0.3) is 0 Å². The SMILES string of the molecule is CCCCCCCCCCCCCCCOC(=O)/C(C)=C/C=C(\C)C(=O)OCCCCCCCCCCCCCC. The number of unbranched alkanes of at least 4 members (excludes halogenated alkanes) is 23. The van der Waals surface area contributed by atoms with E-state index in [9.17, 15) is 9.59 Å². The third-order valence-corrected chi connectivity index (χ3v) is 7.94. The number of ether oxygens (including phenoxy) is 2. The summed E-state index contributed by atoms with van der Waals surface area (Å²) in [5.41, 5.74) is 1.01. The van der Waals surface area contributed by atoms with Gasteiger partial charge in [-0.1, -0.05) is 174 Å². The molecule has 0 rings (SSSR count). The highest BCUT2D eigenvalue weighted by atomic mass is 16.5. The van der Waals surface area contributed by atoms with Crippen LogP contribution in [0, 0.1) is 0 Å². The Morgan fingerprint density at radius 1 is 0.390 bits per heavy atom. The van der Waals surface area contributed by atoms with Crippen LogP contribution in [0.3, 0.4) is 0 Å². The highest BCUT2D eigenvalue weighted by Gasteiger charge is 2.07. The van der Waals surface area contributed by atoms with E-state index in [0.717, 1.165) is 25.7 Å². The highest BCUT2D eigenvalue weighted by Crippen LogP contribution is 2.14. The second-order valence-electron chi connectivity index (χ2n) is 12.1. The predicted octanol–water partition coefficient (Wildman–Crippen LogP) is 11.8. The molecule has 0 aromatic carbocycles. The maximum absolute atomic E-state index is 12.2. The smallest absolute Gasteiger partial charge is 0.333 e. The maximum atomic E-state index is 12.2. The van der Waals surface area contributed by atoms with Crippen LogP contribution in [0.2, 0.25) is 0 Å². The molecule has 4 nitrogen and oxygen atoms in total. The average molecular weight is 577 g/mol. The van der Waals surface area contributed by atoms with Crippen LogP contribution >= 0.6 is 0 Å². The summed E-state index contributed by atoms with van der Waals surface area (Å²) in [5.74, 6) is -0.615. The van der Waals surface area contributed by atoms with E-state index in [1.807, 2.05) is 0 Å². The Hall–Kier alpha value is -1.58. The van der Waals surface area contributed by atoms with Crippen LogP contribution in [0.25, 0.3) is 0 Å². The van der Waals surface area contributed by atoms with Crippen molar-refractivity contribution in [3.8, 4) is 0 Å². The molecule has 240 valence electrons. The molecule has 0 heterocycles. The number of hydrogen-bond donors (Lipinski definition) is 0. The van der Waals surface area contributed by atoms with Gasteiger partial charge in [-0.05, 0) is 26.7 Å². The lowest BCUT2D eigenvalue weighted by atomic mass is 10.0. The summed E-state index contributed by atoms with van der Waals surface area (Å²) in [4.78, 5) is 24.4. The summed E-state index contributed by atoms with van der Waals surface area (Å²) in [6.07, 6.45) is 35.6. The first kappa shape index (κ1) is 39.4. The Morgan fingerprint density at radius 2 is 0.610 bits per heavy atom. The Labute approximate surface area is 255 Å². The molecule has 4 heteroatoms. The first-order valence-electron chi connectivity index (χ1n) is 17.7. The van der Waals surface area contributed by atoms with Gasteiger partial charge in [-0.15, -0.1) is 0 Å². The molecule has 41 heavy (non-hydrogen) atoms. The van der Waals surface area contributed by atoms with Crippen LogP contribution < -0.4 is 0 Å². The molecule has 0 radical (unpaired) electrons. The minimum Gasteiger partial charge on any atom is -0.462 e. The minimum atomic E-state index is -0.308. The summed E-state index contributed by atoms with van der Waals surface area (Å²) in [5, 5.41) is 0. The van der Waals surface area contributed by atoms with Crippen LogP contribution in [0.15, 0.2) is 23.3 Å². The van der Waals surface area contributed by atoms with Crippen molar-refractivity contribution in [3.05, 3.63) is 23.3 Å². The van der Waals surface area contributed by atoms with E-state index in [-0.39, 0.29) is 11.9 Å². The lowest BCUT2D eigenvalue weighted by Crippen LogP contribution is -2.08. The first-order chi connectivity index (χ1) is 20.0. The molecule has 0 aromatic heterocycles. The van der Waals surface area contributed by atoms with Crippen LogP contribution in [-0.2, 0) is 19.1 Å². The summed E-state index contributed by atoms with van der Waals surface area (Å²) in [6.45, 7) is 8.92. The lowest BCUT2D eigenvalue weighted by Gasteiger charge is -2.06. The third-order valence-electron chi connectivity index (χ3n) is 7.94. The standard InChI is InChI=1S/C37H68O4/c1-5-7-9-11-13-15-17-19-21-23-25-27-29-33-41-37(39)35(4)31-30-34(3)36(38)40-32-28-26-24-22-20-18-16-14-12-10-8-6-2/h30-31H,5-29,32-33H2,1-4H3/b34-30+,35-31+. The van der Waals surface area contributed by atoms with Crippen LogP contribution in [0.4, 0.5) is 0 Å².